The van der Waals surface area contributed by atoms with Gasteiger partial charge in [-0.2, -0.15) is 5.10 Å². The highest BCUT2D eigenvalue weighted by molar-refractivity contribution is 7.20. The molecule has 0 unspecified atom stereocenters. The molecular formula is C24H23FN4OS. The zero-order valence-electron chi connectivity index (χ0n) is 17.3. The van der Waals surface area contributed by atoms with Gasteiger partial charge in [0, 0.05) is 50.7 Å². The number of aromatic nitrogens is 2. The Morgan fingerprint density at radius 2 is 1.74 bits per heavy atom. The van der Waals surface area contributed by atoms with Crippen LogP contribution in [0.4, 0.5) is 4.39 Å². The number of piperazine rings is 1. The molecule has 0 aliphatic carbocycles. The van der Waals surface area contributed by atoms with Crippen LogP contribution in [0.5, 0.6) is 0 Å². The van der Waals surface area contributed by atoms with Crippen molar-refractivity contribution in [2.45, 2.75) is 6.54 Å². The summed E-state index contributed by atoms with van der Waals surface area (Å²) in [5.74, 6) is -0.267. The van der Waals surface area contributed by atoms with E-state index in [0.29, 0.717) is 29.2 Å². The molecule has 5 rings (SSSR count). The molecule has 1 saturated heterocycles. The Balaban J connectivity index is 1.33. The molecule has 0 radical (unpaired) electrons. The first-order chi connectivity index (χ1) is 15.1. The van der Waals surface area contributed by atoms with Gasteiger partial charge in [-0.3, -0.25) is 14.4 Å². The molecule has 1 fully saturated rings. The molecule has 0 spiro atoms. The van der Waals surface area contributed by atoms with Gasteiger partial charge in [0.15, 0.2) is 0 Å². The number of nitrogens with zero attached hydrogens (tertiary/aromatic N) is 4. The molecule has 1 aliphatic rings. The second-order valence-corrected chi connectivity index (χ2v) is 8.87. The maximum atomic E-state index is 14.3. The molecule has 7 heteroatoms. The van der Waals surface area contributed by atoms with Gasteiger partial charge in [-0.1, -0.05) is 42.5 Å². The SMILES string of the molecule is Cn1nc(-c2ccccc2F)c2cc(C(=O)N3CCN(Cc4ccccc4)CC3)sc21. The minimum atomic E-state index is -0.309. The highest BCUT2D eigenvalue weighted by Gasteiger charge is 2.25. The van der Waals surface area contributed by atoms with E-state index in [1.807, 2.05) is 24.1 Å². The lowest BCUT2D eigenvalue weighted by Gasteiger charge is -2.34. The van der Waals surface area contributed by atoms with Crippen LogP contribution >= 0.6 is 11.3 Å². The van der Waals surface area contributed by atoms with Gasteiger partial charge in [-0.25, -0.2) is 4.39 Å². The molecule has 0 saturated carbocycles. The second kappa shape index (κ2) is 8.24. The van der Waals surface area contributed by atoms with Gasteiger partial charge in [-0.05, 0) is 23.8 Å². The normalized spacial score (nSPS) is 15.0. The number of halogens is 1. The zero-order chi connectivity index (χ0) is 21.4. The summed E-state index contributed by atoms with van der Waals surface area (Å²) in [6, 6.07) is 18.9. The Morgan fingerprint density at radius 1 is 1.03 bits per heavy atom. The fraction of sp³-hybridized carbons (Fsp3) is 0.250. The largest absolute Gasteiger partial charge is 0.335 e. The summed E-state index contributed by atoms with van der Waals surface area (Å²) in [6.45, 7) is 4.03. The smallest absolute Gasteiger partial charge is 0.264 e. The molecular weight excluding hydrogens is 411 g/mol. The lowest BCUT2D eigenvalue weighted by Crippen LogP contribution is -2.48. The number of aryl methyl sites for hydroxylation is 1. The molecule has 3 heterocycles. The van der Waals surface area contributed by atoms with Crippen LogP contribution < -0.4 is 0 Å². The minimum Gasteiger partial charge on any atom is -0.335 e. The van der Waals surface area contributed by atoms with Gasteiger partial charge in [0.2, 0.25) is 0 Å². The van der Waals surface area contributed by atoms with Gasteiger partial charge in [0.05, 0.1) is 4.88 Å². The van der Waals surface area contributed by atoms with E-state index < -0.39 is 0 Å². The molecule has 0 N–H and O–H groups in total. The average Bonchev–Trinajstić information content (AvgIpc) is 3.36. The molecule has 31 heavy (non-hydrogen) atoms. The van der Waals surface area contributed by atoms with E-state index in [2.05, 4.69) is 34.3 Å². The minimum absolute atomic E-state index is 0.0417. The zero-order valence-corrected chi connectivity index (χ0v) is 18.1. The molecule has 5 nitrogen and oxygen atoms in total. The van der Waals surface area contributed by atoms with Crippen molar-refractivity contribution in [3.05, 3.63) is 76.9 Å². The van der Waals surface area contributed by atoms with E-state index in [9.17, 15) is 9.18 Å². The van der Waals surface area contributed by atoms with Crippen LogP contribution in [0.1, 0.15) is 15.2 Å². The first-order valence-electron chi connectivity index (χ1n) is 10.4. The van der Waals surface area contributed by atoms with E-state index in [1.165, 1.54) is 23.0 Å². The number of thiophene rings is 1. The lowest BCUT2D eigenvalue weighted by atomic mass is 10.1. The average molecular weight is 435 g/mol. The standard InChI is InChI=1S/C24H23FN4OS/c1-27-24-19(22(26-27)18-9-5-6-10-20(18)25)15-21(31-24)23(30)29-13-11-28(12-14-29)16-17-7-3-2-4-8-17/h2-10,15H,11-14,16H2,1H3. The summed E-state index contributed by atoms with van der Waals surface area (Å²) in [6.07, 6.45) is 0. The number of carbonyl (C=O) groups excluding carboxylic acids is 1. The summed E-state index contributed by atoms with van der Waals surface area (Å²) < 4.78 is 16.1. The van der Waals surface area contributed by atoms with Crippen molar-refractivity contribution in [2.24, 2.45) is 7.05 Å². The van der Waals surface area contributed by atoms with Crippen molar-refractivity contribution in [1.82, 2.24) is 19.6 Å². The third kappa shape index (κ3) is 3.86. The van der Waals surface area contributed by atoms with E-state index in [4.69, 9.17) is 0 Å². The Kier molecular flexibility index (Phi) is 5.29. The number of hydrogen-bond donors (Lipinski definition) is 0. The number of carbonyl (C=O) groups is 1. The fourth-order valence-corrected chi connectivity index (χ4v) is 5.14. The predicted octanol–water partition coefficient (Wildman–Crippen LogP) is 4.40. The van der Waals surface area contributed by atoms with Crippen LogP contribution in [0.3, 0.4) is 0 Å². The van der Waals surface area contributed by atoms with Crippen LogP contribution in [0.15, 0.2) is 60.7 Å². The van der Waals surface area contributed by atoms with Crippen molar-refractivity contribution in [2.75, 3.05) is 26.2 Å². The maximum Gasteiger partial charge on any atom is 0.264 e. The van der Waals surface area contributed by atoms with Crippen LogP contribution in [0, 0.1) is 5.82 Å². The Hall–Kier alpha value is -3.03. The monoisotopic (exact) mass is 434 g/mol. The molecule has 2 aromatic heterocycles. The number of rotatable bonds is 4. The fourth-order valence-electron chi connectivity index (χ4n) is 4.10. The van der Waals surface area contributed by atoms with Gasteiger partial charge in [0.1, 0.15) is 16.3 Å². The Labute approximate surface area is 184 Å². The number of benzene rings is 2. The van der Waals surface area contributed by atoms with Crippen molar-refractivity contribution in [1.29, 1.82) is 0 Å². The summed E-state index contributed by atoms with van der Waals surface area (Å²) in [4.78, 5) is 19.0. The molecule has 1 aliphatic heterocycles. The van der Waals surface area contributed by atoms with Crippen molar-refractivity contribution in [3.63, 3.8) is 0 Å². The molecule has 0 atom stereocenters. The second-order valence-electron chi connectivity index (χ2n) is 7.84. The van der Waals surface area contributed by atoms with Crippen LogP contribution in [-0.4, -0.2) is 51.7 Å². The first kappa shape index (κ1) is 19.9. The third-order valence-electron chi connectivity index (χ3n) is 5.76. The summed E-state index contributed by atoms with van der Waals surface area (Å²) in [5, 5.41) is 5.32. The predicted molar refractivity (Wildman–Crippen MR) is 122 cm³/mol. The van der Waals surface area contributed by atoms with Crippen molar-refractivity contribution < 1.29 is 9.18 Å². The van der Waals surface area contributed by atoms with Gasteiger partial charge >= 0.3 is 0 Å². The summed E-state index contributed by atoms with van der Waals surface area (Å²) >= 11 is 1.42. The highest BCUT2D eigenvalue weighted by Crippen LogP contribution is 2.35. The molecule has 0 bridgehead atoms. The van der Waals surface area contributed by atoms with E-state index in [0.717, 1.165) is 29.9 Å². The third-order valence-corrected chi connectivity index (χ3v) is 6.95. The molecule has 158 valence electrons. The van der Waals surface area contributed by atoms with Crippen molar-refractivity contribution >= 4 is 27.5 Å². The highest BCUT2D eigenvalue weighted by atomic mass is 32.1. The summed E-state index contributed by atoms with van der Waals surface area (Å²) in [7, 11) is 1.83. The first-order valence-corrected chi connectivity index (χ1v) is 11.2. The maximum absolute atomic E-state index is 14.3. The number of fused-ring (bicyclic) bond motifs is 1. The van der Waals surface area contributed by atoms with Gasteiger partial charge < -0.3 is 4.90 Å². The molecule has 2 aromatic carbocycles. The number of hydrogen-bond acceptors (Lipinski definition) is 4. The Bertz CT molecular complexity index is 1230. The summed E-state index contributed by atoms with van der Waals surface area (Å²) in [5.41, 5.74) is 2.33. The van der Waals surface area contributed by atoms with E-state index >= 15 is 0 Å². The van der Waals surface area contributed by atoms with Gasteiger partial charge in [-0.15, -0.1) is 11.3 Å². The lowest BCUT2D eigenvalue weighted by molar-refractivity contribution is 0.0633. The van der Waals surface area contributed by atoms with E-state index in [-0.39, 0.29) is 11.7 Å². The molecule has 4 aromatic rings. The topological polar surface area (TPSA) is 41.4 Å². The number of amides is 1. The quantitative estimate of drug-likeness (QED) is 0.478. The van der Waals surface area contributed by atoms with E-state index in [1.54, 1.807) is 22.9 Å². The van der Waals surface area contributed by atoms with Crippen molar-refractivity contribution in [3.8, 4) is 11.3 Å². The van der Waals surface area contributed by atoms with Crippen LogP contribution in [-0.2, 0) is 13.6 Å². The van der Waals surface area contributed by atoms with Crippen LogP contribution in [0.25, 0.3) is 21.5 Å². The van der Waals surface area contributed by atoms with Gasteiger partial charge in [0.25, 0.3) is 5.91 Å². The molecule has 1 amide bonds. The Morgan fingerprint density at radius 3 is 2.48 bits per heavy atom. The van der Waals surface area contributed by atoms with Crippen LogP contribution in [0.2, 0.25) is 0 Å².